The largest absolute Gasteiger partial charge is 0.381 e. The molecule has 0 amide bonds. The fourth-order valence-corrected chi connectivity index (χ4v) is 2.00. The first-order valence-electron chi connectivity index (χ1n) is 5.64. The number of hydrogen-bond donors (Lipinski definition) is 3. The molecule has 1 saturated heterocycles. The van der Waals surface area contributed by atoms with Gasteiger partial charge in [0, 0.05) is 19.3 Å². The van der Waals surface area contributed by atoms with Gasteiger partial charge < -0.3 is 15.8 Å². The maximum Gasteiger partial charge on any atom is 0.224 e. The minimum Gasteiger partial charge on any atom is -0.381 e. The molecule has 1 aliphatic rings. The third kappa shape index (κ3) is 2.01. The summed E-state index contributed by atoms with van der Waals surface area (Å²) in [6.07, 6.45) is 3.66. The van der Waals surface area contributed by atoms with Crippen LogP contribution in [-0.2, 0) is 4.74 Å². The van der Waals surface area contributed by atoms with Gasteiger partial charge in [-0.25, -0.2) is 0 Å². The monoisotopic (exact) mass is 234 g/mol. The van der Waals surface area contributed by atoms with Gasteiger partial charge >= 0.3 is 0 Å². The van der Waals surface area contributed by atoms with Crippen LogP contribution in [-0.4, -0.2) is 39.4 Å². The fraction of sp³-hybridized carbons (Fsp3) is 0.500. The Kier molecular flexibility index (Phi) is 2.52. The van der Waals surface area contributed by atoms with Crippen molar-refractivity contribution in [1.82, 2.24) is 20.2 Å². The van der Waals surface area contributed by atoms with Crippen LogP contribution >= 0.6 is 0 Å². The lowest BCUT2D eigenvalue weighted by Gasteiger charge is -2.23. The van der Waals surface area contributed by atoms with Gasteiger partial charge in [0.25, 0.3) is 0 Å². The molecule has 0 radical (unpaired) electrons. The van der Waals surface area contributed by atoms with Gasteiger partial charge in [-0.05, 0) is 12.8 Å². The van der Waals surface area contributed by atoms with Crippen molar-refractivity contribution in [1.29, 1.82) is 0 Å². The molecular weight excluding hydrogens is 220 g/mol. The predicted molar refractivity (Wildman–Crippen MR) is 63.6 cm³/mol. The van der Waals surface area contributed by atoms with E-state index < -0.39 is 0 Å². The number of anilines is 2. The maximum absolute atomic E-state index is 5.65. The Balaban J connectivity index is 1.90. The normalized spacial score (nSPS) is 17.4. The van der Waals surface area contributed by atoms with Gasteiger partial charge in [-0.15, -0.1) is 0 Å². The quantitative estimate of drug-likeness (QED) is 0.700. The summed E-state index contributed by atoms with van der Waals surface area (Å²) in [6.45, 7) is 1.57. The van der Waals surface area contributed by atoms with Gasteiger partial charge in [-0.2, -0.15) is 15.1 Å². The lowest BCUT2D eigenvalue weighted by atomic mass is 10.1. The van der Waals surface area contributed by atoms with E-state index in [0.29, 0.717) is 11.7 Å². The average Bonchev–Trinajstić information content (AvgIpc) is 2.78. The van der Waals surface area contributed by atoms with E-state index in [1.54, 1.807) is 6.20 Å². The molecule has 0 unspecified atom stereocenters. The molecule has 7 nitrogen and oxygen atoms in total. The number of fused-ring (bicyclic) bond motifs is 1. The zero-order valence-electron chi connectivity index (χ0n) is 9.31. The van der Waals surface area contributed by atoms with E-state index in [1.807, 2.05) is 0 Å². The second-order valence-electron chi connectivity index (χ2n) is 4.09. The zero-order valence-corrected chi connectivity index (χ0v) is 9.31. The van der Waals surface area contributed by atoms with E-state index in [2.05, 4.69) is 25.5 Å². The van der Waals surface area contributed by atoms with Crippen molar-refractivity contribution in [2.24, 2.45) is 0 Å². The molecule has 7 heteroatoms. The Morgan fingerprint density at radius 1 is 1.35 bits per heavy atom. The lowest BCUT2D eigenvalue weighted by molar-refractivity contribution is 0.0904. The standard InChI is InChI=1S/C10H14N6O/c11-10-14-8(7-5-12-16-9(7)15-10)13-6-1-3-17-4-2-6/h5-6H,1-4H2,(H4,11,12,13,14,15,16). The van der Waals surface area contributed by atoms with E-state index in [9.17, 15) is 0 Å². The van der Waals surface area contributed by atoms with Crippen molar-refractivity contribution >= 4 is 22.8 Å². The topological polar surface area (TPSA) is 102 Å². The molecule has 2 aromatic rings. The van der Waals surface area contributed by atoms with Gasteiger partial charge in [-0.3, -0.25) is 5.10 Å². The van der Waals surface area contributed by atoms with Crippen molar-refractivity contribution in [2.75, 3.05) is 24.3 Å². The highest BCUT2D eigenvalue weighted by molar-refractivity contribution is 5.86. The summed E-state index contributed by atoms with van der Waals surface area (Å²) in [5, 5.41) is 11.0. The lowest BCUT2D eigenvalue weighted by Crippen LogP contribution is -2.28. The summed E-state index contributed by atoms with van der Waals surface area (Å²) in [5.74, 6) is 0.990. The second-order valence-corrected chi connectivity index (χ2v) is 4.09. The number of hydrogen-bond acceptors (Lipinski definition) is 6. The summed E-state index contributed by atoms with van der Waals surface area (Å²) in [6, 6.07) is 0.371. The number of H-pyrrole nitrogens is 1. The smallest absolute Gasteiger partial charge is 0.224 e. The number of rotatable bonds is 2. The molecule has 1 fully saturated rings. The van der Waals surface area contributed by atoms with E-state index >= 15 is 0 Å². The van der Waals surface area contributed by atoms with Crippen LogP contribution in [0.1, 0.15) is 12.8 Å². The molecule has 90 valence electrons. The Hall–Kier alpha value is -1.89. The van der Waals surface area contributed by atoms with E-state index in [4.69, 9.17) is 10.5 Å². The van der Waals surface area contributed by atoms with Gasteiger partial charge in [0.15, 0.2) is 5.65 Å². The molecule has 4 N–H and O–H groups in total. The molecule has 1 aliphatic heterocycles. The SMILES string of the molecule is Nc1nc(NC2CCOCC2)c2cn[nH]c2n1. The molecule has 0 bridgehead atoms. The van der Waals surface area contributed by atoms with Crippen molar-refractivity contribution in [3.05, 3.63) is 6.20 Å². The van der Waals surface area contributed by atoms with Crippen molar-refractivity contribution in [3.63, 3.8) is 0 Å². The van der Waals surface area contributed by atoms with Crippen LogP contribution in [0, 0.1) is 0 Å². The third-order valence-corrected chi connectivity index (χ3v) is 2.89. The molecule has 0 atom stereocenters. The number of ether oxygens (including phenoxy) is 1. The maximum atomic E-state index is 5.65. The first-order chi connectivity index (χ1) is 8.33. The molecule has 0 aliphatic carbocycles. The fourth-order valence-electron chi connectivity index (χ4n) is 2.00. The number of nitrogens with two attached hydrogens (primary N) is 1. The average molecular weight is 234 g/mol. The van der Waals surface area contributed by atoms with Gasteiger partial charge in [0.05, 0.1) is 11.6 Å². The molecule has 3 rings (SSSR count). The van der Waals surface area contributed by atoms with Gasteiger partial charge in [-0.1, -0.05) is 0 Å². The van der Waals surface area contributed by atoms with Crippen LogP contribution in [0.3, 0.4) is 0 Å². The molecule has 0 saturated carbocycles. The van der Waals surface area contributed by atoms with E-state index in [-0.39, 0.29) is 5.95 Å². The summed E-state index contributed by atoms with van der Waals surface area (Å²) in [4.78, 5) is 8.30. The molecule has 17 heavy (non-hydrogen) atoms. The minimum atomic E-state index is 0.247. The van der Waals surface area contributed by atoms with E-state index in [1.165, 1.54) is 0 Å². The molecular formula is C10H14N6O. The third-order valence-electron chi connectivity index (χ3n) is 2.89. The Morgan fingerprint density at radius 3 is 3.00 bits per heavy atom. The highest BCUT2D eigenvalue weighted by Gasteiger charge is 2.16. The Labute approximate surface area is 97.8 Å². The number of aromatic amines is 1. The molecule has 0 aromatic carbocycles. The van der Waals surface area contributed by atoms with Gasteiger partial charge in [0.2, 0.25) is 5.95 Å². The van der Waals surface area contributed by atoms with Crippen molar-refractivity contribution < 1.29 is 4.74 Å². The predicted octanol–water partition coefficient (Wildman–Crippen LogP) is 0.526. The van der Waals surface area contributed by atoms with Crippen molar-refractivity contribution in [3.8, 4) is 0 Å². The zero-order chi connectivity index (χ0) is 11.7. The first kappa shape index (κ1) is 10.3. The van der Waals surface area contributed by atoms with Gasteiger partial charge in [0.1, 0.15) is 5.82 Å². The Bertz CT molecular complexity index is 518. The molecule has 0 spiro atoms. The van der Waals surface area contributed by atoms with Crippen molar-refractivity contribution in [2.45, 2.75) is 18.9 Å². The van der Waals surface area contributed by atoms with Crippen LogP contribution in [0.15, 0.2) is 6.20 Å². The van der Waals surface area contributed by atoms with Crippen LogP contribution in [0.5, 0.6) is 0 Å². The number of nitrogens with zero attached hydrogens (tertiary/aromatic N) is 3. The van der Waals surface area contributed by atoms with E-state index in [0.717, 1.165) is 37.3 Å². The molecule has 2 aromatic heterocycles. The summed E-state index contributed by atoms with van der Waals surface area (Å²) >= 11 is 0. The minimum absolute atomic E-state index is 0.247. The number of nitrogens with one attached hydrogen (secondary N) is 2. The first-order valence-corrected chi connectivity index (χ1v) is 5.64. The summed E-state index contributed by atoms with van der Waals surface area (Å²) in [5.41, 5.74) is 6.31. The van der Waals surface area contributed by atoms with Crippen LogP contribution in [0.25, 0.3) is 11.0 Å². The molecule has 3 heterocycles. The van der Waals surface area contributed by atoms with Crippen LogP contribution in [0.2, 0.25) is 0 Å². The Morgan fingerprint density at radius 2 is 2.18 bits per heavy atom. The van der Waals surface area contributed by atoms with Crippen LogP contribution < -0.4 is 11.1 Å². The number of nitrogen functional groups attached to an aromatic ring is 1. The van der Waals surface area contributed by atoms with Crippen LogP contribution in [0.4, 0.5) is 11.8 Å². The number of aromatic nitrogens is 4. The highest BCUT2D eigenvalue weighted by Crippen LogP contribution is 2.21. The highest BCUT2D eigenvalue weighted by atomic mass is 16.5. The summed E-state index contributed by atoms with van der Waals surface area (Å²) in [7, 11) is 0. The second kappa shape index (κ2) is 4.17. The summed E-state index contributed by atoms with van der Waals surface area (Å²) < 4.78 is 5.32.